The molecule has 0 saturated heterocycles. The maximum Gasteiger partial charge on any atom is 0.573 e. The third-order valence-electron chi connectivity index (χ3n) is 5.98. The van der Waals surface area contributed by atoms with Crippen LogP contribution in [0.5, 0.6) is 5.75 Å². The van der Waals surface area contributed by atoms with Crippen molar-refractivity contribution in [3.05, 3.63) is 64.8 Å². The number of nitrogens with one attached hydrogen (secondary N) is 1. The normalized spacial score (nSPS) is 14.7. The number of aromatic nitrogens is 1. The molecule has 0 saturated carbocycles. The zero-order chi connectivity index (χ0) is 25.3. The van der Waals surface area contributed by atoms with Crippen LogP contribution in [0, 0.1) is 5.41 Å². The molecule has 0 bridgehead atoms. The van der Waals surface area contributed by atoms with Gasteiger partial charge in [-0.15, -0.1) is 24.5 Å². The molecule has 2 aromatic heterocycles. The van der Waals surface area contributed by atoms with Crippen LogP contribution >= 0.6 is 11.3 Å². The van der Waals surface area contributed by atoms with Crippen LogP contribution in [-0.2, 0) is 6.42 Å². The first-order valence-corrected chi connectivity index (χ1v) is 11.8. The van der Waals surface area contributed by atoms with Gasteiger partial charge in [-0.2, -0.15) is 0 Å². The topological polar surface area (TPSA) is 69.5 Å². The lowest BCUT2D eigenvalue weighted by Crippen LogP contribution is -2.36. The second-order valence-electron chi connectivity index (χ2n) is 8.64. The molecule has 1 N–H and O–H groups in total. The molecule has 35 heavy (non-hydrogen) atoms. The van der Waals surface area contributed by atoms with Crippen molar-refractivity contribution >= 4 is 28.6 Å². The first kappa shape index (κ1) is 24.9. The number of hydrogen-bond donors (Lipinski definition) is 1. The first-order valence-electron chi connectivity index (χ1n) is 11.0. The Hall–Kier alpha value is -3.24. The van der Waals surface area contributed by atoms with Crippen LogP contribution in [0.4, 0.5) is 18.9 Å². The molecule has 3 heterocycles. The Morgan fingerprint density at radius 3 is 2.54 bits per heavy atom. The number of alkyl halides is 3. The highest BCUT2D eigenvalue weighted by Crippen LogP contribution is 2.37. The van der Waals surface area contributed by atoms with E-state index in [1.54, 1.807) is 29.3 Å². The number of anilines is 1. The minimum atomic E-state index is -4.74. The SMILES string of the molecule is C[C@@H](CC(=N)c1ccc(N2CCc3cc(-c4ccc(OC(F)(F)F)cc4)sc3C2=O)cn1)N(C)C. The van der Waals surface area contributed by atoms with Gasteiger partial charge in [-0.3, -0.25) is 9.78 Å². The fourth-order valence-electron chi connectivity index (χ4n) is 3.77. The van der Waals surface area contributed by atoms with Crippen LogP contribution in [-0.4, -0.2) is 54.5 Å². The summed E-state index contributed by atoms with van der Waals surface area (Å²) < 4.78 is 41.1. The number of thiophene rings is 1. The van der Waals surface area contributed by atoms with E-state index in [0.29, 0.717) is 41.4 Å². The predicted molar refractivity (Wildman–Crippen MR) is 131 cm³/mol. The van der Waals surface area contributed by atoms with Gasteiger partial charge in [0.2, 0.25) is 0 Å². The molecule has 0 aliphatic carbocycles. The summed E-state index contributed by atoms with van der Waals surface area (Å²) in [6.45, 7) is 2.54. The third-order valence-corrected chi connectivity index (χ3v) is 7.19. The lowest BCUT2D eigenvalue weighted by molar-refractivity contribution is -0.274. The summed E-state index contributed by atoms with van der Waals surface area (Å²) in [6, 6.07) is 11.3. The number of halogens is 3. The van der Waals surface area contributed by atoms with E-state index in [4.69, 9.17) is 5.41 Å². The van der Waals surface area contributed by atoms with Crippen LogP contribution in [0.15, 0.2) is 48.7 Å². The number of nitrogens with zero attached hydrogens (tertiary/aromatic N) is 3. The molecular weight excluding hydrogens is 477 g/mol. The number of pyridine rings is 1. The van der Waals surface area contributed by atoms with E-state index in [9.17, 15) is 18.0 Å². The Kier molecular flexibility index (Phi) is 6.95. The van der Waals surface area contributed by atoms with Crippen LogP contribution in [0.25, 0.3) is 10.4 Å². The molecule has 1 aliphatic heterocycles. The summed E-state index contributed by atoms with van der Waals surface area (Å²) in [5.74, 6) is -0.421. The van der Waals surface area contributed by atoms with E-state index < -0.39 is 6.36 Å². The molecular formula is C25H25F3N4O2S. The molecule has 4 rings (SSSR count). The van der Waals surface area contributed by atoms with Crippen molar-refractivity contribution in [3.63, 3.8) is 0 Å². The molecule has 1 aromatic carbocycles. The van der Waals surface area contributed by atoms with Gasteiger partial charge in [-0.05, 0) is 81.0 Å². The fraction of sp³-hybridized carbons (Fsp3) is 0.320. The third kappa shape index (κ3) is 5.71. The molecule has 0 unspecified atom stereocenters. The van der Waals surface area contributed by atoms with Crippen molar-refractivity contribution in [2.75, 3.05) is 25.5 Å². The van der Waals surface area contributed by atoms with Gasteiger partial charge in [0.25, 0.3) is 5.91 Å². The highest BCUT2D eigenvalue weighted by molar-refractivity contribution is 7.17. The summed E-state index contributed by atoms with van der Waals surface area (Å²) in [6.07, 6.45) is -1.88. The van der Waals surface area contributed by atoms with Gasteiger partial charge in [0.05, 0.1) is 28.2 Å². The molecule has 1 aliphatic rings. The Morgan fingerprint density at radius 1 is 1.23 bits per heavy atom. The summed E-state index contributed by atoms with van der Waals surface area (Å²) in [7, 11) is 3.94. The maximum absolute atomic E-state index is 13.2. The minimum absolute atomic E-state index is 0.134. The fourth-order valence-corrected chi connectivity index (χ4v) is 4.93. The van der Waals surface area contributed by atoms with E-state index in [2.05, 4.69) is 9.72 Å². The van der Waals surface area contributed by atoms with E-state index in [-0.39, 0.29) is 17.7 Å². The largest absolute Gasteiger partial charge is 0.573 e. The van der Waals surface area contributed by atoms with Crippen molar-refractivity contribution in [2.24, 2.45) is 0 Å². The average Bonchev–Trinajstić information content (AvgIpc) is 3.24. The monoisotopic (exact) mass is 502 g/mol. The number of hydrogen-bond acceptors (Lipinski definition) is 6. The number of rotatable bonds is 7. The van der Waals surface area contributed by atoms with Crippen molar-refractivity contribution in [1.29, 1.82) is 5.41 Å². The van der Waals surface area contributed by atoms with Gasteiger partial charge in [-0.25, -0.2) is 0 Å². The van der Waals surface area contributed by atoms with Crippen molar-refractivity contribution in [3.8, 4) is 16.2 Å². The van der Waals surface area contributed by atoms with Gasteiger partial charge in [0.15, 0.2) is 0 Å². The number of ether oxygens (including phenoxy) is 1. The van der Waals surface area contributed by atoms with Crippen molar-refractivity contribution in [1.82, 2.24) is 9.88 Å². The Balaban J connectivity index is 1.48. The molecule has 184 valence electrons. The quantitative estimate of drug-likeness (QED) is 0.426. The smallest absolute Gasteiger partial charge is 0.406 e. The van der Waals surface area contributed by atoms with Gasteiger partial charge in [0.1, 0.15) is 5.75 Å². The van der Waals surface area contributed by atoms with Crippen LogP contribution in [0.1, 0.15) is 34.3 Å². The predicted octanol–water partition coefficient (Wildman–Crippen LogP) is 5.62. The molecule has 10 heteroatoms. The highest BCUT2D eigenvalue weighted by Gasteiger charge is 2.31. The number of amides is 1. The van der Waals surface area contributed by atoms with Gasteiger partial charge in [0, 0.05) is 23.9 Å². The highest BCUT2D eigenvalue weighted by atomic mass is 32.1. The number of fused-ring (bicyclic) bond motifs is 1. The van der Waals surface area contributed by atoms with Crippen molar-refractivity contribution < 1.29 is 22.7 Å². The van der Waals surface area contributed by atoms with E-state index in [1.807, 2.05) is 38.1 Å². The first-order chi connectivity index (χ1) is 16.5. The number of carbonyl (C=O) groups is 1. The molecule has 3 aromatic rings. The summed E-state index contributed by atoms with van der Waals surface area (Å²) in [5, 5.41) is 8.31. The molecule has 1 amide bonds. The summed E-state index contributed by atoms with van der Waals surface area (Å²) >= 11 is 1.32. The standard InChI is InChI=1S/C25H25F3N4O2S/c1-15(31(2)3)12-20(29)21-9-6-18(14-30-21)32-11-10-17-13-22(35-23(17)24(32)33)16-4-7-19(8-5-16)34-25(26,27)28/h4-9,13-15,29H,10-12H2,1-3H3/t15-/m0/s1. The maximum atomic E-state index is 13.2. The molecule has 1 atom stereocenters. The number of benzene rings is 1. The van der Waals surface area contributed by atoms with Gasteiger partial charge in [-0.1, -0.05) is 0 Å². The summed E-state index contributed by atoms with van der Waals surface area (Å²) in [5.41, 5.74) is 3.34. The Labute approximate surface area is 205 Å². The molecule has 0 spiro atoms. The number of carbonyl (C=O) groups excluding carboxylic acids is 1. The zero-order valence-electron chi connectivity index (χ0n) is 19.5. The van der Waals surface area contributed by atoms with E-state index in [1.165, 1.54) is 23.5 Å². The Bertz CT molecular complexity index is 1220. The molecule has 0 radical (unpaired) electrons. The van der Waals surface area contributed by atoms with Crippen molar-refractivity contribution in [2.45, 2.75) is 32.2 Å². The van der Waals surface area contributed by atoms with E-state index in [0.717, 1.165) is 16.0 Å². The molecule has 6 nitrogen and oxygen atoms in total. The second-order valence-corrected chi connectivity index (χ2v) is 9.69. The van der Waals surface area contributed by atoms with Crippen LogP contribution in [0.3, 0.4) is 0 Å². The Morgan fingerprint density at radius 2 is 1.94 bits per heavy atom. The van der Waals surface area contributed by atoms with Crippen LogP contribution < -0.4 is 9.64 Å². The van der Waals surface area contributed by atoms with E-state index >= 15 is 0 Å². The second kappa shape index (κ2) is 9.79. The van der Waals surface area contributed by atoms with Gasteiger partial charge < -0.3 is 19.9 Å². The summed E-state index contributed by atoms with van der Waals surface area (Å²) in [4.78, 5) is 22.8. The molecule has 0 fully saturated rings. The van der Waals surface area contributed by atoms with Crippen LogP contribution in [0.2, 0.25) is 0 Å². The lowest BCUT2D eigenvalue weighted by Gasteiger charge is -2.26. The average molecular weight is 503 g/mol. The van der Waals surface area contributed by atoms with Gasteiger partial charge >= 0.3 is 6.36 Å². The lowest BCUT2D eigenvalue weighted by atomic mass is 10.0. The minimum Gasteiger partial charge on any atom is -0.406 e. The zero-order valence-corrected chi connectivity index (χ0v) is 20.3.